The third-order valence-electron chi connectivity index (χ3n) is 2.85. The standard InChI is InChI=1S/C14H10F2N4/c15-9-1-2-12(16)11(7-9)14-13(17)8-20(19-14)10-3-5-18-6-4-10/h1-8H,17H2. The van der Waals surface area contributed by atoms with Gasteiger partial charge in [-0.2, -0.15) is 5.10 Å². The number of nitrogens with two attached hydrogens (primary N) is 1. The van der Waals surface area contributed by atoms with E-state index in [1.165, 1.54) is 4.68 Å². The number of pyridine rings is 1. The Morgan fingerprint density at radius 3 is 2.55 bits per heavy atom. The van der Waals surface area contributed by atoms with Gasteiger partial charge in [-0.3, -0.25) is 4.98 Å². The van der Waals surface area contributed by atoms with Crippen molar-refractivity contribution in [2.45, 2.75) is 0 Å². The molecule has 0 aliphatic heterocycles. The van der Waals surface area contributed by atoms with Crippen LogP contribution in [0.3, 0.4) is 0 Å². The number of anilines is 1. The van der Waals surface area contributed by atoms with Crippen molar-refractivity contribution >= 4 is 5.69 Å². The summed E-state index contributed by atoms with van der Waals surface area (Å²) in [5.41, 5.74) is 7.09. The summed E-state index contributed by atoms with van der Waals surface area (Å²) >= 11 is 0. The molecule has 1 aromatic carbocycles. The van der Waals surface area contributed by atoms with Gasteiger partial charge in [0.25, 0.3) is 0 Å². The summed E-state index contributed by atoms with van der Waals surface area (Å²) < 4.78 is 28.5. The third kappa shape index (κ3) is 2.11. The maximum atomic E-state index is 13.8. The summed E-state index contributed by atoms with van der Waals surface area (Å²) in [4.78, 5) is 3.90. The SMILES string of the molecule is Nc1cn(-c2ccncc2)nc1-c1cc(F)ccc1F. The van der Waals surface area contributed by atoms with Crippen molar-refractivity contribution in [1.82, 2.24) is 14.8 Å². The van der Waals surface area contributed by atoms with Gasteiger partial charge in [-0.1, -0.05) is 0 Å². The molecule has 20 heavy (non-hydrogen) atoms. The van der Waals surface area contributed by atoms with Gasteiger partial charge in [0.15, 0.2) is 0 Å². The number of hydrogen-bond acceptors (Lipinski definition) is 3. The van der Waals surface area contributed by atoms with Gasteiger partial charge in [0, 0.05) is 18.0 Å². The quantitative estimate of drug-likeness (QED) is 0.780. The maximum Gasteiger partial charge on any atom is 0.132 e. The molecule has 100 valence electrons. The van der Waals surface area contributed by atoms with Crippen molar-refractivity contribution < 1.29 is 8.78 Å². The lowest BCUT2D eigenvalue weighted by atomic mass is 10.1. The molecule has 0 radical (unpaired) electrons. The smallest absolute Gasteiger partial charge is 0.132 e. The monoisotopic (exact) mass is 272 g/mol. The van der Waals surface area contributed by atoms with E-state index >= 15 is 0 Å². The Hall–Kier alpha value is -2.76. The third-order valence-corrected chi connectivity index (χ3v) is 2.85. The summed E-state index contributed by atoms with van der Waals surface area (Å²) in [6.45, 7) is 0. The van der Waals surface area contributed by atoms with Crippen LogP contribution < -0.4 is 5.73 Å². The van der Waals surface area contributed by atoms with E-state index < -0.39 is 11.6 Å². The molecule has 3 rings (SSSR count). The van der Waals surface area contributed by atoms with Crippen molar-refractivity contribution in [2.75, 3.05) is 5.73 Å². The zero-order valence-electron chi connectivity index (χ0n) is 10.3. The normalized spacial score (nSPS) is 10.7. The summed E-state index contributed by atoms with van der Waals surface area (Å²) in [6, 6.07) is 6.64. The van der Waals surface area contributed by atoms with E-state index in [4.69, 9.17) is 5.73 Å². The number of nitrogen functional groups attached to an aromatic ring is 1. The molecule has 6 heteroatoms. The highest BCUT2D eigenvalue weighted by atomic mass is 19.1. The number of rotatable bonds is 2. The minimum absolute atomic E-state index is 0.0373. The minimum Gasteiger partial charge on any atom is -0.396 e. The van der Waals surface area contributed by atoms with Crippen molar-refractivity contribution in [2.24, 2.45) is 0 Å². The van der Waals surface area contributed by atoms with Gasteiger partial charge < -0.3 is 5.73 Å². The minimum atomic E-state index is -0.571. The van der Waals surface area contributed by atoms with Crippen LogP contribution in [0.4, 0.5) is 14.5 Å². The molecule has 0 amide bonds. The first-order valence-corrected chi connectivity index (χ1v) is 5.86. The number of aromatic nitrogens is 3. The van der Waals surface area contributed by atoms with Crippen molar-refractivity contribution in [3.63, 3.8) is 0 Å². The summed E-state index contributed by atoms with van der Waals surface area (Å²) in [7, 11) is 0. The highest BCUT2D eigenvalue weighted by Gasteiger charge is 2.14. The molecule has 0 aliphatic rings. The van der Waals surface area contributed by atoms with Crippen LogP contribution in [0.15, 0.2) is 48.9 Å². The van der Waals surface area contributed by atoms with E-state index in [-0.39, 0.29) is 16.9 Å². The Morgan fingerprint density at radius 2 is 1.80 bits per heavy atom. The van der Waals surface area contributed by atoms with Crippen LogP contribution in [0.5, 0.6) is 0 Å². The second-order valence-corrected chi connectivity index (χ2v) is 4.21. The van der Waals surface area contributed by atoms with Crippen LogP contribution in [0.1, 0.15) is 0 Å². The zero-order chi connectivity index (χ0) is 14.1. The molecular weight excluding hydrogens is 262 g/mol. The topological polar surface area (TPSA) is 56.7 Å². The molecule has 0 saturated carbocycles. The number of hydrogen-bond donors (Lipinski definition) is 1. The van der Waals surface area contributed by atoms with Crippen LogP contribution in [0, 0.1) is 11.6 Å². The second kappa shape index (κ2) is 4.73. The van der Waals surface area contributed by atoms with E-state index in [2.05, 4.69) is 10.1 Å². The van der Waals surface area contributed by atoms with Crippen LogP contribution in [0.25, 0.3) is 16.9 Å². The first-order chi connectivity index (χ1) is 9.65. The van der Waals surface area contributed by atoms with Gasteiger partial charge in [0.1, 0.15) is 17.3 Å². The number of nitrogens with zero attached hydrogens (tertiary/aromatic N) is 3. The fraction of sp³-hybridized carbons (Fsp3) is 0. The number of benzene rings is 1. The van der Waals surface area contributed by atoms with E-state index in [9.17, 15) is 8.78 Å². The Bertz CT molecular complexity index is 753. The average Bonchev–Trinajstić information content (AvgIpc) is 2.84. The van der Waals surface area contributed by atoms with Crippen molar-refractivity contribution in [3.05, 3.63) is 60.6 Å². The number of halogens is 2. The molecule has 2 aromatic heterocycles. The second-order valence-electron chi connectivity index (χ2n) is 4.21. The summed E-state index contributed by atoms with van der Waals surface area (Å²) in [6.07, 6.45) is 4.76. The molecule has 0 atom stereocenters. The lowest BCUT2D eigenvalue weighted by Crippen LogP contribution is -1.95. The van der Waals surface area contributed by atoms with Gasteiger partial charge in [-0.15, -0.1) is 0 Å². The first-order valence-electron chi connectivity index (χ1n) is 5.86. The Balaban J connectivity index is 2.12. The van der Waals surface area contributed by atoms with Crippen LogP contribution >= 0.6 is 0 Å². The van der Waals surface area contributed by atoms with E-state index in [0.29, 0.717) is 0 Å². The highest BCUT2D eigenvalue weighted by molar-refractivity contribution is 5.72. The Kier molecular flexibility index (Phi) is 2.90. The molecule has 0 aliphatic carbocycles. The largest absolute Gasteiger partial charge is 0.396 e. The molecule has 0 fully saturated rings. The van der Waals surface area contributed by atoms with Crippen LogP contribution in [-0.4, -0.2) is 14.8 Å². The fourth-order valence-corrected chi connectivity index (χ4v) is 1.90. The van der Waals surface area contributed by atoms with E-state index in [1.54, 1.807) is 30.7 Å². The maximum absolute atomic E-state index is 13.8. The molecular formula is C14H10F2N4. The summed E-state index contributed by atoms with van der Waals surface area (Å²) in [5, 5.41) is 4.21. The van der Waals surface area contributed by atoms with E-state index in [0.717, 1.165) is 23.9 Å². The molecule has 3 aromatic rings. The molecule has 0 saturated heterocycles. The van der Waals surface area contributed by atoms with Crippen LogP contribution in [0.2, 0.25) is 0 Å². The van der Waals surface area contributed by atoms with Gasteiger partial charge in [-0.05, 0) is 30.3 Å². The molecule has 0 unspecified atom stereocenters. The first kappa shape index (κ1) is 12.3. The van der Waals surface area contributed by atoms with Gasteiger partial charge >= 0.3 is 0 Å². The highest BCUT2D eigenvalue weighted by Crippen LogP contribution is 2.28. The molecule has 4 nitrogen and oxygen atoms in total. The van der Waals surface area contributed by atoms with Crippen molar-refractivity contribution in [1.29, 1.82) is 0 Å². The lowest BCUT2D eigenvalue weighted by molar-refractivity contribution is 0.602. The zero-order valence-corrected chi connectivity index (χ0v) is 10.3. The predicted molar refractivity (Wildman–Crippen MR) is 71.1 cm³/mol. The lowest BCUT2D eigenvalue weighted by Gasteiger charge is -2.01. The van der Waals surface area contributed by atoms with E-state index in [1.807, 2.05) is 0 Å². The summed E-state index contributed by atoms with van der Waals surface area (Å²) in [5.74, 6) is -1.11. The fourth-order valence-electron chi connectivity index (χ4n) is 1.90. The Morgan fingerprint density at radius 1 is 1.05 bits per heavy atom. The van der Waals surface area contributed by atoms with Gasteiger partial charge in [-0.25, -0.2) is 13.5 Å². The Labute approximate surface area is 113 Å². The average molecular weight is 272 g/mol. The van der Waals surface area contributed by atoms with Gasteiger partial charge in [0.2, 0.25) is 0 Å². The molecule has 2 heterocycles. The molecule has 0 spiro atoms. The van der Waals surface area contributed by atoms with Crippen molar-refractivity contribution in [3.8, 4) is 16.9 Å². The van der Waals surface area contributed by atoms with Crippen LogP contribution in [-0.2, 0) is 0 Å². The predicted octanol–water partition coefficient (Wildman–Crippen LogP) is 2.79. The molecule has 2 N–H and O–H groups in total. The molecule has 0 bridgehead atoms. The van der Waals surface area contributed by atoms with Gasteiger partial charge in [0.05, 0.1) is 17.6 Å².